The summed E-state index contributed by atoms with van der Waals surface area (Å²) in [5.41, 5.74) is 3.52. The molecule has 3 aromatic rings. The highest BCUT2D eigenvalue weighted by molar-refractivity contribution is 8.00. The first-order valence-corrected chi connectivity index (χ1v) is 13.0. The van der Waals surface area contributed by atoms with E-state index in [0.717, 1.165) is 16.7 Å². The first-order chi connectivity index (χ1) is 17.1. The molecule has 6 heteroatoms. The summed E-state index contributed by atoms with van der Waals surface area (Å²) in [5.74, 6) is -0.496. The third kappa shape index (κ3) is 8.16. The molecule has 0 aliphatic carbocycles. The molecule has 1 atom stereocenters. The van der Waals surface area contributed by atoms with Crippen LogP contribution in [0.5, 0.6) is 0 Å². The highest BCUT2D eigenvalue weighted by Crippen LogP contribution is 2.39. The van der Waals surface area contributed by atoms with Crippen LogP contribution in [0.2, 0.25) is 0 Å². The monoisotopic (exact) mass is 505 g/mol. The Morgan fingerprint density at radius 2 is 1.33 bits per heavy atom. The average molecular weight is 506 g/mol. The van der Waals surface area contributed by atoms with Crippen LogP contribution >= 0.6 is 11.8 Å². The zero-order chi connectivity index (χ0) is 26.2. The molecule has 3 rings (SSSR count). The summed E-state index contributed by atoms with van der Waals surface area (Å²) in [6.07, 6.45) is 0.161. The molecule has 1 amide bonds. The average Bonchev–Trinajstić information content (AvgIpc) is 2.82. The predicted molar refractivity (Wildman–Crippen MR) is 146 cm³/mol. The molecule has 0 aliphatic rings. The highest BCUT2D eigenvalue weighted by atomic mass is 32.2. The quantitative estimate of drug-likeness (QED) is 0.332. The van der Waals surface area contributed by atoms with E-state index in [1.165, 1.54) is 5.56 Å². The van der Waals surface area contributed by atoms with E-state index in [4.69, 9.17) is 4.74 Å². The van der Waals surface area contributed by atoms with Gasteiger partial charge in [-0.05, 0) is 57.2 Å². The lowest BCUT2D eigenvalue weighted by molar-refractivity contribution is -0.140. The second kappa shape index (κ2) is 12.1. The number of alkyl carbamates (subject to hydrolysis) is 1. The molecule has 5 nitrogen and oxygen atoms in total. The van der Waals surface area contributed by atoms with Crippen LogP contribution < -0.4 is 5.32 Å². The third-order valence-electron chi connectivity index (χ3n) is 5.77. The number of benzene rings is 3. The molecule has 0 heterocycles. The zero-order valence-electron chi connectivity index (χ0n) is 21.4. The smallest absolute Gasteiger partial charge is 0.408 e. The van der Waals surface area contributed by atoms with Gasteiger partial charge in [0.15, 0.2) is 0 Å². The van der Waals surface area contributed by atoms with E-state index in [0.29, 0.717) is 18.6 Å². The second-order valence-corrected chi connectivity index (χ2v) is 11.5. The molecule has 36 heavy (non-hydrogen) atoms. The molecule has 3 aromatic carbocycles. The maximum Gasteiger partial charge on any atom is 0.408 e. The van der Waals surface area contributed by atoms with Crippen molar-refractivity contribution in [2.45, 2.75) is 62.7 Å². The van der Waals surface area contributed by atoms with Crippen molar-refractivity contribution in [2.24, 2.45) is 0 Å². The van der Waals surface area contributed by atoms with Gasteiger partial charge >= 0.3 is 12.1 Å². The van der Waals surface area contributed by atoms with Crippen molar-refractivity contribution >= 4 is 23.8 Å². The van der Waals surface area contributed by atoms with E-state index in [2.05, 4.69) is 29.6 Å². The van der Waals surface area contributed by atoms with Gasteiger partial charge in [0.1, 0.15) is 11.6 Å². The summed E-state index contributed by atoms with van der Waals surface area (Å²) in [5, 5.41) is 13.2. The summed E-state index contributed by atoms with van der Waals surface area (Å²) in [6, 6.07) is 26.7. The largest absolute Gasteiger partial charge is 0.480 e. The Morgan fingerprint density at radius 1 is 0.833 bits per heavy atom. The number of ether oxygens (including phenoxy) is 1. The van der Waals surface area contributed by atoms with Crippen molar-refractivity contribution in [1.29, 1.82) is 0 Å². The summed E-state index contributed by atoms with van der Waals surface area (Å²) in [4.78, 5) is 25.6. The number of rotatable bonds is 10. The minimum Gasteiger partial charge on any atom is -0.480 e. The number of carboxylic acids is 1. The van der Waals surface area contributed by atoms with E-state index in [1.54, 1.807) is 32.5 Å². The van der Waals surface area contributed by atoms with Crippen LogP contribution in [0.25, 0.3) is 0 Å². The highest BCUT2D eigenvalue weighted by Gasteiger charge is 2.45. The maximum atomic E-state index is 12.8. The van der Waals surface area contributed by atoms with Crippen molar-refractivity contribution in [2.75, 3.05) is 0 Å². The SMILES string of the molecule is Cc1ccc(CSC(Cc2ccccc2)(Cc2ccccc2)C(NC(=O)OC(C)(C)C)C(=O)O)cc1. The molecule has 0 fully saturated rings. The molecule has 1 unspecified atom stereocenters. The van der Waals surface area contributed by atoms with Crippen molar-refractivity contribution in [3.05, 3.63) is 107 Å². The van der Waals surface area contributed by atoms with Gasteiger partial charge in [0.05, 0.1) is 4.75 Å². The summed E-state index contributed by atoms with van der Waals surface area (Å²) >= 11 is 1.56. The number of thioether (sulfide) groups is 1. The Bertz CT molecular complexity index is 1080. The number of hydrogen-bond acceptors (Lipinski definition) is 4. The topological polar surface area (TPSA) is 75.6 Å². The molecule has 190 valence electrons. The molecule has 0 radical (unpaired) electrons. The van der Waals surface area contributed by atoms with E-state index in [9.17, 15) is 14.7 Å². The lowest BCUT2D eigenvalue weighted by atomic mass is 9.85. The van der Waals surface area contributed by atoms with Crippen LogP contribution in [0, 0.1) is 6.92 Å². The number of aryl methyl sites for hydroxylation is 1. The Kier molecular flexibility index (Phi) is 9.21. The Morgan fingerprint density at radius 3 is 1.78 bits per heavy atom. The van der Waals surface area contributed by atoms with Crippen LogP contribution in [-0.4, -0.2) is 33.6 Å². The number of hydrogen-bond donors (Lipinski definition) is 2. The van der Waals surface area contributed by atoms with Crippen LogP contribution in [0.1, 0.15) is 43.0 Å². The molecular weight excluding hydrogens is 470 g/mol. The fraction of sp³-hybridized carbons (Fsp3) is 0.333. The first-order valence-electron chi connectivity index (χ1n) is 12.1. The maximum absolute atomic E-state index is 12.8. The van der Waals surface area contributed by atoms with Gasteiger partial charge < -0.3 is 15.2 Å². The molecule has 0 spiro atoms. The normalized spacial score (nSPS) is 12.6. The number of carbonyl (C=O) groups is 2. The van der Waals surface area contributed by atoms with Gasteiger partial charge in [0.2, 0.25) is 0 Å². The van der Waals surface area contributed by atoms with Crippen LogP contribution in [0.4, 0.5) is 4.79 Å². The van der Waals surface area contributed by atoms with Crippen molar-refractivity contribution in [3.8, 4) is 0 Å². The van der Waals surface area contributed by atoms with Crippen LogP contribution in [0.3, 0.4) is 0 Å². The van der Waals surface area contributed by atoms with Gasteiger partial charge in [-0.3, -0.25) is 0 Å². The molecule has 0 aromatic heterocycles. The Balaban J connectivity index is 2.06. The summed E-state index contributed by atoms with van der Waals surface area (Å²) in [7, 11) is 0. The lowest BCUT2D eigenvalue weighted by Crippen LogP contribution is -2.58. The fourth-order valence-electron chi connectivity index (χ4n) is 4.09. The van der Waals surface area contributed by atoms with Gasteiger partial charge in [-0.25, -0.2) is 9.59 Å². The number of carbonyl (C=O) groups excluding carboxylic acids is 1. The number of aliphatic carboxylic acids is 1. The number of carboxylic acid groups (broad SMARTS) is 1. The van der Waals surface area contributed by atoms with E-state index in [1.807, 2.05) is 67.6 Å². The second-order valence-electron chi connectivity index (χ2n) is 10.1. The van der Waals surface area contributed by atoms with Crippen LogP contribution in [0.15, 0.2) is 84.9 Å². The van der Waals surface area contributed by atoms with Gasteiger partial charge in [0, 0.05) is 5.75 Å². The van der Waals surface area contributed by atoms with E-state index >= 15 is 0 Å². The molecule has 0 saturated heterocycles. The van der Waals surface area contributed by atoms with Crippen molar-refractivity contribution < 1.29 is 19.4 Å². The van der Waals surface area contributed by atoms with Gasteiger partial charge in [-0.2, -0.15) is 0 Å². The van der Waals surface area contributed by atoms with Crippen molar-refractivity contribution in [1.82, 2.24) is 5.32 Å². The molecule has 0 bridgehead atoms. The zero-order valence-corrected chi connectivity index (χ0v) is 22.2. The van der Waals surface area contributed by atoms with E-state index in [-0.39, 0.29) is 0 Å². The summed E-state index contributed by atoms with van der Waals surface area (Å²) < 4.78 is 4.57. The standard InChI is InChI=1S/C30H35NO4S/c1-22-15-17-25(18-16-22)21-36-30(19-23-11-7-5-8-12-23,20-24-13-9-6-10-14-24)26(27(32)33)31-28(34)35-29(2,3)4/h5-18,26H,19-21H2,1-4H3,(H,31,34)(H,32,33). The van der Waals surface area contributed by atoms with Gasteiger partial charge in [0.25, 0.3) is 0 Å². The first kappa shape index (κ1) is 27.3. The van der Waals surface area contributed by atoms with E-state index < -0.39 is 28.5 Å². The number of amides is 1. The number of nitrogens with one attached hydrogen (secondary N) is 1. The molecule has 2 N–H and O–H groups in total. The van der Waals surface area contributed by atoms with Gasteiger partial charge in [-0.1, -0.05) is 90.5 Å². The van der Waals surface area contributed by atoms with Gasteiger partial charge in [-0.15, -0.1) is 11.8 Å². The third-order valence-corrected chi connectivity index (χ3v) is 7.35. The minimum atomic E-state index is -1.19. The molecule has 0 aliphatic heterocycles. The Labute approximate surface area is 218 Å². The van der Waals surface area contributed by atoms with Crippen LogP contribution in [-0.2, 0) is 28.1 Å². The predicted octanol–water partition coefficient (Wildman–Crippen LogP) is 6.43. The lowest BCUT2D eigenvalue weighted by Gasteiger charge is -2.39. The Hall–Kier alpha value is -3.25. The minimum absolute atomic E-state index is 0.450. The fourth-order valence-corrected chi connectivity index (χ4v) is 5.60. The summed E-state index contributed by atoms with van der Waals surface area (Å²) in [6.45, 7) is 7.32. The molecule has 0 saturated carbocycles. The van der Waals surface area contributed by atoms with Crippen molar-refractivity contribution in [3.63, 3.8) is 0 Å². The molecular formula is C30H35NO4S.